The standard InChI is InChI=1S/C11H9Cl2FN4/c1-5-16-10(13)9(15)11(17-5)18-8-3-2-6(14)4-7(8)12/h2-4H,15H2,1H3,(H,16,17,18). The number of nitrogens with zero attached hydrogens (tertiary/aromatic N) is 2. The van der Waals surface area contributed by atoms with Crippen LogP contribution in [0.15, 0.2) is 18.2 Å². The topological polar surface area (TPSA) is 63.8 Å². The Morgan fingerprint density at radius 2 is 2.00 bits per heavy atom. The van der Waals surface area contributed by atoms with Gasteiger partial charge >= 0.3 is 0 Å². The molecule has 0 saturated heterocycles. The first-order chi connectivity index (χ1) is 8.47. The van der Waals surface area contributed by atoms with Crippen molar-refractivity contribution in [1.29, 1.82) is 0 Å². The smallest absolute Gasteiger partial charge is 0.159 e. The van der Waals surface area contributed by atoms with Crippen molar-refractivity contribution in [2.75, 3.05) is 11.1 Å². The van der Waals surface area contributed by atoms with Crippen LogP contribution in [0, 0.1) is 12.7 Å². The summed E-state index contributed by atoms with van der Waals surface area (Å²) in [5, 5.41) is 3.27. The SMILES string of the molecule is Cc1nc(Cl)c(N)c(Nc2ccc(F)cc2Cl)n1. The molecule has 1 heterocycles. The van der Waals surface area contributed by atoms with Gasteiger partial charge < -0.3 is 11.1 Å². The van der Waals surface area contributed by atoms with Gasteiger partial charge in [-0.25, -0.2) is 14.4 Å². The first-order valence-corrected chi connectivity index (χ1v) is 5.74. The van der Waals surface area contributed by atoms with Crippen LogP contribution in [-0.2, 0) is 0 Å². The number of anilines is 3. The van der Waals surface area contributed by atoms with Gasteiger partial charge in [-0.1, -0.05) is 23.2 Å². The molecule has 7 heteroatoms. The zero-order valence-electron chi connectivity index (χ0n) is 9.34. The maximum atomic E-state index is 12.9. The van der Waals surface area contributed by atoms with Crippen molar-refractivity contribution >= 4 is 40.4 Å². The average Bonchev–Trinajstić information content (AvgIpc) is 2.29. The van der Waals surface area contributed by atoms with E-state index in [1.807, 2.05) is 0 Å². The highest BCUT2D eigenvalue weighted by atomic mass is 35.5. The Morgan fingerprint density at radius 3 is 2.67 bits per heavy atom. The van der Waals surface area contributed by atoms with Gasteiger partial charge in [0.1, 0.15) is 17.3 Å². The Bertz CT molecular complexity index is 604. The van der Waals surface area contributed by atoms with Gasteiger partial charge in [-0.05, 0) is 25.1 Å². The Balaban J connectivity index is 2.40. The molecule has 18 heavy (non-hydrogen) atoms. The van der Waals surface area contributed by atoms with Crippen molar-refractivity contribution in [3.63, 3.8) is 0 Å². The molecular weight excluding hydrogens is 278 g/mol. The lowest BCUT2D eigenvalue weighted by Crippen LogP contribution is -2.03. The molecule has 0 saturated carbocycles. The minimum Gasteiger partial charge on any atom is -0.393 e. The molecule has 0 aliphatic carbocycles. The second-order valence-corrected chi connectivity index (χ2v) is 4.34. The fraction of sp³-hybridized carbons (Fsp3) is 0.0909. The predicted octanol–water partition coefficient (Wildman–Crippen LogP) is 3.56. The number of rotatable bonds is 2. The molecule has 0 fully saturated rings. The zero-order chi connectivity index (χ0) is 13.3. The highest BCUT2D eigenvalue weighted by Crippen LogP contribution is 2.30. The number of aromatic nitrogens is 2. The lowest BCUT2D eigenvalue weighted by Gasteiger charge is -2.11. The van der Waals surface area contributed by atoms with Gasteiger partial charge in [0.05, 0.1) is 10.7 Å². The summed E-state index contributed by atoms with van der Waals surface area (Å²) in [6.45, 7) is 1.68. The number of nitrogens with two attached hydrogens (primary N) is 1. The van der Waals surface area contributed by atoms with Crippen LogP contribution in [0.2, 0.25) is 10.2 Å². The molecule has 0 unspecified atom stereocenters. The van der Waals surface area contributed by atoms with Crippen molar-refractivity contribution in [3.8, 4) is 0 Å². The molecule has 0 spiro atoms. The average molecular weight is 287 g/mol. The van der Waals surface area contributed by atoms with E-state index in [1.165, 1.54) is 18.2 Å². The number of aryl methyl sites for hydroxylation is 1. The maximum Gasteiger partial charge on any atom is 0.159 e. The quantitative estimate of drug-likeness (QED) is 0.829. The molecule has 0 aliphatic heterocycles. The molecular formula is C11H9Cl2FN4. The minimum atomic E-state index is -0.421. The number of halogens is 3. The monoisotopic (exact) mass is 286 g/mol. The largest absolute Gasteiger partial charge is 0.393 e. The van der Waals surface area contributed by atoms with Crippen LogP contribution in [0.1, 0.15) is 5.82 Å². The Kier molecular flexibility index (Phi) is 3.54. The van der Waals surface area contributed by atoms with E-state index >= 15 is 0 Å². The second-order valence-electron chi connectivity index (χ2n) is 3.57. The third-order valence-electron chi connectivity index (χ3n) is 2.20. The molecule has 0 amide bonds. The lowest BCUT2D eigenvalue weighted by molar-refractivity contribution is 0.628. The fourth-order valence-electron chi connectivity index (χ4n) is 1.36. The van der Waals surface area contributed by atoms with Gasteiger partial charge in [-0.15, -0.1) is 0 Å². The van der Waals surface area contributed by atoms with Gasteiger partial charge in [-0.3, -0.25) is 0 Å². The van der Waals surface area contributed by atoms with E-state index in [0.717, 1.165) is 0 Å². The number of hydrogen-bond acceptors (Lipinski definition) is 4. The number of nitrogens with one attached hydrogen (secondary N) is 1. The van der Waals surface area contributed by atoms with Crippen LogP contribution < -0.4 is 11.1 Å². The van der Waals surface area contributed by atoms with Gasteiger partial charge in [0, 0.05) is 0 Å². The fourth-order valence-corrected chi connectivity index (χ4v) is 1.79. The summed E-state index contributed by atoms with van der Waals surface area (Å²) in [5.41, 5.74) is 6.44. The third-order valence-corrected chi connectivity index (χ3v) is 2.80. The number of hydrogen-bond donors (Lipinski definition) is 2. The molecule has 4 nitrogen and oxygen atoms in total. The molecule has 0 aliphatic rings. The lowest BCUT2D eigenvalue weighted by atomic mass is 10.3. The second kappa shape index (κ2) is 4.96. The zero-order valence-corrected chi connectivity index (χ0v) is 10.8. The highest BCUT2D eigenvalue weighted by Gasteiger charge is 2.10. The van der Waals surface area contributed by atoms with Crippen LogP contribution in [0.3, 0.4) is 0 Å². The Morgan fingerprint density at radius 1 is 1.28 bits per heavy atom. The van der Waals surface area contributed by atoms with Crippen molar-refractivity contribution in [2.24, 2.45) is 0 Å². The van der Waals surface area contributed by atoms with Gasteiger partial charge in [0.25, 0.3) is 0 Å². The molecule has 0 atom stereocenters. The third kappa shape index (κ3) is 2.63. The van der Waals surface area contributed by atoms with Crippen LogP contribution in [0.4, 0.5) is 21.6 Å². The summed E-state index contributed by atoms with van der Waals surface area (Å²) >= 11 is 11.7. The molecule has 94 valence electrons. The van der Waals surface area contributed by atoms with E-state index in [9.17, 15) is 4.39 Å². The molecule has 0 bridgehead atoms. The summed E-state index contributed by atoms with van der Waals surface area (Å²) in [6, 6.07) is 3.96. The van der Waals surface area contributed by atoms with Crippen molar-refractivity contribution in [2.45, 2.75) is 6.92 Å². The van der Waals surface area contributed by atoms with Gasteiger partial charge in [-0.2, -0.15) is 0 Å². The van der Waals surface area contributed by atoms with E-state index < -0.39 is 5.82 Å². The molecule has 1 aromatic carbocycles. The first-order valence-electron chi connectivity index (χ1n) is 4.99. The maximum absolute atomic E-state index is 12.9. The van der Waals surface area contributed by atoms with Crippen LogP contribution in [-0.4, -0.2) is 9.97 Å². The van der Waals surface area contributed by atoms with Crippen LogP contribution >= 0.6 is 23.2 Å². The van der Waals surface area contributed by atoms with E-state index in [-0.39, 0.29) is 15.9 Å². The summed E-state index contributed by atoms with van der Waals surface area (Å²) in [4.78, 5) is 8.02. The molecule has 2 aromatic rings. The number of nitrogen functional groups attached to an aromatic ring is 1. The van der Waals surface area contributed by atoms with Crippen LogP contribution in [0.5, 0.6) is 0 Å². The summed E-state index contributed by atoms with van der Waals surface area (Å²) in [5.74, 6) is 0.381. The van der Waals surface area contributed by atoms with Crippen LogP contribution in [0.25, 0.3) is 0 Å². The Hall–Kier alpha value is -1.59. The summed E-state index contributed by atoms with van der Waals surface area (Å²) < 4.78 is 12.9. The van der Waals surface area contributed by atoms with Gasteiger partial charge in [0.15, 0.2) is 11.0 Å². The predicted molar refractivity (Wildman–Crippen MR) is 70.9 cm³/mol. The number of benzene rings is 1. The summed E-state index contributed by atoms with van der Waals surface area (Å²) in [7, 11) is 0. The first kappa shape index (κ1) is 12.9. The van der Waals surface area contributed by atoms with E-state index in [2.05, 4.69) is 15.3 Å². The normalized spacial score (nSPS) is 10.4. The Labute approximate surface area is 113 Å². The van der Waals surface area contributed by atoms with Gasteiger partial charge in [0.2, 0.25) is 0 Å². The van der Waals surface area contributed by atoms with E-state index in [4.69, 9.17) is 28.9 Å². The van der Waals surface area contributed by atoms with Crippen molar-refractivity contribution in [3.05, 3.63) is 40.0 Å². The molecule has 3 N–H and O–H groups in total. The highest BCUT2D eigenvalue weighted by molar-refractivity contribution is 6.33. The molecule has 1 aromatic heterocycles. The van der Waals surface area contributed by atoms with E-state index in [1.54, 1.807) is 6.92 Å². The van der Waals surface area contributed by atoms with E-state index in [0.29, 0.717) is 17.3 Å². The van der Waals surface area contributed by atoms with Crippen molar-refractivity contribution < 1.29 is 4.39 Å². The molecule has 0 radical (unpaired) electrons. The summed E-state index contributed by atoms with van der Waals surface area (Å²) in [6.07, 6.45) is 0. The minimum absolute atomic E-state index is 0.156. The van der Waals surface area contributed by atoms with Crippen molar-refractivity contribution in [1.82, 2.24) is 9.97 Å². The molecule has 2 rings (SSSR count).